The Hall–Kier alpha value is -1.71. The van der Waals surface area contributed by atoms with Crippen LogP contribution >= 0.6 is 0 Å². The molecule has 0 bridgehead atoms. The molecule has 0 amide bonds. The fraction of sp³-hybridized carbons (Fsp3) is 0.333. The maximum atomic E-state index is 2.51. The third-order valence-corrected chi connectivity index (χ3v) is 27.1. The van der Waals surface area contributed by atoms with Crippen LogP contribution < -0.4 is 38.3 Å². The first-order chi connectivity index (χ1) is 18.8. The van der Waals surface area contributed by atoms with Gasteiger partial charge in [0.15, 0.2) is 0 Å². The van der Waals surface area contributed by atoms with E-state index in [0.29, 0.717) is 0 Å². The molecule has 41 heavy (non-hydrogen) atoms. The van der Waals surface area contributed by atoms with E-state index >= 15 is 0 Å². The molecule has 0 heterocycles. The van der Waals surface area contributed by atoms with E-state index in [1.165, 1.54) is 38.3 Å². The van der Waals surface area contributed by atoms with Crippen molar-refractivity contribution in [1.29, 1.82) is 0 Å². The van der Waals surface area contributed by atoms with Gasteiger partial charge in [0.2, 0.25) is 0 Å². The average Bonchev–Trinajstić information content (AvgIpc) is 2.88. The quantitative estimate of drug-likeness (QED) is 0.225. The molecule has 0 aliphatic rings. The molecule has 0 fully saturated rings. The molecule has 0 aromatic heterocycles. The van der Waals surface area contributed by atoms with Crippen LogP contribution in [0.1, 0.15) is 0 Å². The summed E-state index contributed by atoms with van der Waals surface area (Å²) in [5, 5.41) is 6.15. The minimum absolute atomic E-state index is 1.40. The first-order valence-corrected chi connectivity index (χ1v) is 33.5. The Morgan fingerprint density at radius 1 is 0.268 bits per heavy atom. The predicted molar refractivity (Wildman–Crippen MR) is 202 cm³/mol. The Morgan fingerprint density at radius 2 is 0.415 bits per heavy atom. The molecule has 4 aromatic rings. The standard InChI is InChI=1S/C36H52GeSi4/c1-38(2,3)33-21-13-29(14-22-33)37(30-15-23-34(24-16-30)39(4,5)6,31-17-25-35(26-18-31)40(7,8)9)32-19-27-36(28-20-32)41(10,11)12/h13-28H,1-12H3. The van der Waals surface area contributed by atoms with Crippen LogP contribution in [0.25, 0.3) is 0 Å². The van der Waals surface area contributed by atoms with E-state index in [2.05, 4.69) is 176 Å². The van der Waals surface area contributed by atoms with Gasteiger partial charge in [0.1, 0.15) is 0 Å². The summed E-state index contributed by atoms with van der Waals surface area (Å²) in [6, 6.07) is 39.8. The van der Waals surface area contributed by atoms with Crippen molar-refractivity contribution in [1.82, 2.24) is 0 Å². The molecule has 0 saturated heterocycles. The van der Waals surface area contributed by atoms with E-state index in [-0.39, 0.29) is 0 Å². The van der Waals surface area contributed by atoms with Crippen LogP contribution in [0.2, 0.25) is 78.6 Å². The second-order valence-corrected chi connectivity index (χ2v) is 44.4. The zero-order valence-electron chi connectivity index (χ0n) is 27.7. The topological polar surface area (TPSA) is 0 Å². The molecule has 4 aromatic carbocycles. The van der Waals surface area contributed by atoms with Gasteiger partial charge in [0, 0.05) is 0 Å². The van der Waals surface area contributed by atoms with Gasteiger partial charge >= 0.3 is 260 Å². The normalized spacial score (nSPS) is 13.4. The minimum atomic E-state index is -3.33. The van der Waals surface area contributed by atoms with E-state index < -0.39 is 45.6 Å². The molecule has 0 radical (unpaired) electrons. The van der Waals surface area contributed by atoms with Gasteiger partial charge in [-0.25, -0.2) is 0 Å². The van der Waals surface area contributed by atoms with Crippen molar-refractivity contribution in [3.05, 3.63) is 97.1 Å². The van der Waals surface area contributed by atoms with Crippen LogP contribution in [0.4, 0.5) is 0 Å². The van der Waals surface area contributed by atoms with Crippen LogP contribution in [-0.4, -0.2) is 45.6 Å². The van der Waals surface area contributed by atoms with Crippen LogP contribution in [0.3, 0.4) is 0 Å². The average molecular weight is 670 g/mol. The molecule has 4 rings (SSSR count). The van der Waals surface area contributed by atoms with E-state index in [0.717, 1.165) is 0 Å². The number of hydrogen-bond acceptors (Lipinski definition) is 0. The molecule has 0 aliphatic carbocycles. The summed E-state index contributed by atoms with van der Waals surface area (Å²) in [7, 11) is -5.62. The van der Waals surface area contributed by atoms with E-state index in [1.807, 2.05) is 0 Å². The Kier molecular flexibility index (Phi) is 8.97. The molecule has 216 valence electrons. The molecule has 0 spiro atoms. The van der Waals surface area contributed by atoms with E-state index in [9.17, 15) is 0 Å². The molecule has 0 nitrogen and oxygen atoms in total. The number of hydrogen-bond donors (Lipinski definition) is 0. The van der Waals surface area contributed by atoms with Crippen molar-refractivity contribution in [3.63, 3.8) is 0 Å². The molecule has 0 unspecified atom stereocenters. The molecule has 0 N–H and O–H groups in total. The summed E-state index contributed by atoms with van der Waals surface area (Å²) in [6.45, 7) is 29.5. The van der Waals surface area contributed by atoms with Crippen molar-refractivity contribution in [2.24, 2.45) is 0 Å². The fourth-order valence-corrected chi connectivity index (χ4v) is 20.3. The van der Waals surface area contributed by atoms with Crippen molar-refractivity contribution < 1.29 is 0 Å². The number of benzene rings is 4. The molecule has 0 atom stereocenters. The van der Waals surface area contributed by atoms with Crippen molar-refractivity contribution in [2.75, 3.05) is 0 Å². The summed E-state index contributed by atoms with van der Waals surface area (Å²) in [5.41, 5.74) is 0. The third kappa shape index (κ3) is 6.77. The second-order valence-electron chi connectivity index (χ2n) is 16.1. The summed E-state index contributed by atoms with van der Waals surface area (Å²) in [4.78, 5) is 0. The van der Waals surface area contributed by atoms with Gasteiger partial charge in [-0.3, -0.25) is 0 Å². The van der Waals surface area contributed by atoms with Crippen molar-refractivity contribution >= 4 is 83.9 Å². The first kappa shape index (κ1) is 32.2. The van der Waals surface area contributed by atoms with Crippen LogP contribution in [0.5, 0.6) is 0 Å². The van der Waals surface area contributed by atoms with Crippen molar-refractivity contribution in [2.45, 2.75) is 78.6 Å². The van der Waals surface area contributed by atoms with E-state index in [1.54, 1.807) is 0 Å². The monoisotopic (exact) mass is 670 g/mol. The summed E-state index contributed by atoms with van der Waals surface area (Å²) in [6.07, 6.45) is 0. The Bertz CT molecular complexity index is 1220. The fourth-order valence-electron chi connectivity index (χ4n) is 5.88. The number of rotatable bonds is 8. The SMILES string of the molecule is C[Si](C)(C)c1cc[c]([Ge]([c]2ccc([Si](C)(C)C)cc2)([c]2ccc([Si](C)(C)C)cc2)[c]2ccc([Si](C)(C)C)cc2)cc1. The van der Waals surface area contributed by atoms with Crippen molar-refractivity contribution in [3.8, 4) is 0 Å². The molecular weight excluding hydrogens is 617 g/mol. The Morgan fingerprint density at radius 3 is 0.537 bits per heavy atom. The van der Waals surface area contributed by atoms with Gasteiger partial charge in [0.05, 0.1) is 0 Å². The van der Waals surface area contributed by atoms with Gasteiger partial charge in [-0.2, -0.15) is 0 Å². The van der Waals surface area contributed by atoms with Gasteiger partial charge < -0.3 is 0 Å². The summed E-state index contributed by atoms with van der Waals surface area (Å²) >= 11 is -3.33. The zero-order valence-corrected chi connectivity index (χ0v) is 33.8. The summed E-state index contributed by atoms with van der Waals surface area (Å²) < 4.78 is 6.15. The Balaban J connectivity index is 2.09. The molecule has 5 heteroatoms. The third-order valence-electron chi connectivity index (χ3n) is 8.74. The van der Waals surface area contributed by atoms with Gasteiger partial charge in [-0.05, 0) is 0 Å². The van der Waals surface area contributed by atoms with Gasteiger partial charge in [0.25, 0.3) is 0 Å². The zero-order chi connectivity index (χ0) is 30.4. The van der Waals surface area contributed by atoms with Crippen LogP contribution in [0, 0.1) is 0 Å². The molecule has 0 saturated carbocycles. The van der Waals surface area contributed by atoms with Crippen LogP contribution in [-0.2, 0) is 0 Å². The summed E-state index contributed by atoms with van der Waals surface area (Å²) in [5.74, 6) is 0. The Labute approximate surface area is 258 Å². The van der Waals surface area contributed by atoms with Gasteiger partial charge in [-0.1, -0.05) is 0 Å². The molecule has 0 aliphatic heterocycles. The maximum absolute atomic E-state index is 3.33. The van der Waals surface area contributed by atoms with Gasteiger partial charge in [-0.15, -0.1) is 0 Å². The van der Waals surface area contributed by atoms with E-state index in [4.69, 9.17) is 0 Å². The second kappa shape index (κ2) is 11.4. The first-order valence-electron chi connectivity index (χ1n) is 15.3. The molecular formula is C36H52GeSi4. The van der Waals surface area contributed by atoms with Crippen LogP contribution in [0.15, 0.2) is 97.1 Å². The predicted octanol–water partition coefficient (Wildman–Crippen LogP) is 5.24.